The van der Waals surface area contributed by atoms with Crippen molar-refractivity contribution in [3.8, 4) is 0 Å². The Morgan fingerprint density at radius 1 is 1.00 bits per heavy atom. The number of hydrogen-bond donors (Lipinski definition) is 1. The molecule has 0 aromatic heterocycles. The fourth-order valence-electron chi connectivity index (χ4n) is 0.645. The smallest absolute Gasteiger partial charge is 0.129 e. The van der Waals surface area contributed by atoms with Gasteiger partial charge in [0.25, 0.3) is 0 Å². The van der Waals surface area contributed by atoms with Crippen LogP contribution < -0.4 is 30.1 Å². The molecule has 0 amide bonds. The average molecular weight is 179 g/mol. The van der Waals surface area contributed by atoms with Crippen LogP contribution in [0.15, 0.2) is 30.3 Å². The number of para-hydroxylation sites is 1. The maximum absolute atomic E-state index is 2.08. The molecule has 10 heavy (non-hydrogen) atoms. The van der Waals surface area contributed by atoms with E-state index in [-0.39, 0.29) is 24.8 Å². The van der Waals surface area contributed by atoms with Gasteiger partial charge >= 0.3 is 0 Å². The van der Waals surface area contributed by atoms with Crippen molar-refractivity contribution in [1.29, 1.82) is 0 Å². The van der Waals surface area contributed by atoms with Crippen molar-refractivity contribution in [1.82, 2.24) is 0 Å². The minimum atomic E-state index is 0. The summed E-state index contributed by atoms with van der Waals surface area (Å²) in [6.07, 6.45) is 0. The maximum atomic E-state index is 2.08. The zero-order valence-corrected chi connectivity index (χ0v) is 7.23. The summed E-state index contributed by atoms with van der Waals surface area (Å²) in [7, 11) is 2.04. The summed E-state index contributed by atoms with van der Waals surface area (Å²) in [5.74, 6) is 0. The molecule has 0 fully saturated rings. The quantitative estimate of drug-likeness (QED) is 0.414. The van der Waals surface area contributed by atoms with Gasteiger partial charge in [-0.15, -0.1) is 0 Å². The van der Waals surface area contributed by atoms with Crippen LogP contribution in [0.2, 0.25) is 0 Å². The van der Waals surface area contributed by atoms with Crippen LogP contribution in [0.1, 0.15) is 0 Å². The van der Waals surface area contributed by atoms with Crippen molar-refractivity contribution in [2.75, 3.05) is 7.05 Å². The van der Waals surface area contributed by atoms with E-state index in [2.05, 4.69) is 17.4 Å². The van der Waals surface area contributed by atoms with Crippen molar-refractivity contribution in [2.24, 2.45) is 0 Å². The zero-order valence-electron chi connectivity index (χ0n) is 5.72. The van der Waals surface area contributed by atoms with Crippen LogP contribution in [0.5, 0.6) is 0 Å². The molecule has 0 aliphatic carbocycles. The molecule has 0 aliphatic heterocycles. The summed E-state index contributed by atoms with van der Waals surface area (Å²) in [4.78, 5) is 0. The summed E-state index contributed by atoms with van der Waals surface area (Å²) in [5, 5.41) is 2.08. The maximum Gasteiger partial charge on any atom is 0.129 e. The highest BCUT2D eigenvalue weighted by molar-refractivity contribution is 5.26. The fourth-order valence-corrected chi connectivity index (χ4v) is 0.645. The van der Waals surface area contributed by atoms with Crippen LogP contribution in [-0.2, 0) is 0 Å². The largest absolute Gasteiger partial charge is 1.00 e. The molecule has 0 spiro atoms. The Balaban J connectivity index is 0. The fraction of sp³-hybridized carbons (Fsp3) is 0.143. The first kappa shape index (κ1) is 12.4. The third-order valence-corrected chi connectivity index (χ3v) is 1.13. The summed E-state index contributed by atoms with van der Waals surface area (Å²) in [6.45, 7) is 0. The van der Waals surface area contributed by atoms with Gasteiger partial charge in [0.2, 0.25) is 0 Å². The Morgan fingerprint density at radius 2 is 1.50 bits per heavy atom. The molecule has 0 unspecified atom stereocenters. The second kappa shape index (κ2) is 6.87. The molecule has 1 aromatic carbocycles. The molecule has 1 rings (SSSR count). The first-order chi connectivity index (χ1) is 3.93. The molecular formula is C7H10Cl2N-. The molecule has 0 aliphatic rings. The Morgan fingerprint density at radius 3 is 1.80 bits per heavy atom. The van der Waals surface area contributed by atoms with Gasteiger partial charge in [0.1, 0.15) is 5.69 Å². The molecule has 3 heteroatoms. The standard InChI is InChI=1S/C7H9N.2ClH/c1-8-7-5-3-2-4-6-7;;/h2-6,8H,1H3;2*1H/p-1. The number of rotatable bonds is 1. The van der Waals surface area contributed by atoms with Crippen molar-refractivity contribution < 1.29 is 30.1 Å². The van der Waals surface area contributed by atoms with Crippen LogP contribution in [0.25, 0.3) is 0 Å². The van der Waals surface area contributed by atoms with Crippen molar-refractivity contribution in [3.63, 3.8) is 0 Å². The lowest BCUT2D eigenvalue weighted by molar-refractivity contribution is -0.539. The number of hydrogen-bond acceptors (Lipinski definition) is 0. The van der Waals surface area contributed by atoms with Gasteiger partial charge in [-0.05, 0) is 12.1 Å². The molecule has 58 valence electrons. The number of quaternary nitrogens is 1. The molecular weight excluding hydrogens is 169 g/mol. The molecule has 2 N–H and O–H groups in total. The molecule has 0 atom stereocenters. The predicted octanol–water partition coefficient (Wildman–Crippen LogP) is -5.48. The van der Waals surface area contributed by atoms with Crippen LogP contribution in [0.4, 0.5) is 5.69 Å². The summed E-state index contributed by atoms with van der Waals surface area (Å²) >= 11 is 0. The lowest BCUT2D eigenvalue weighted by atomic mass is 10.3. The third-order valence-electron chi connectivity index (χ3n) is 1.13. The Bertz CT molecular complexity index is 153. The summed E-state index contributed by atoms with van der Waals surface area (Å²) in [5.41, 5.74) is 1.28. The van der Waals surface area contributed by atoms with Crippen LogP contribution in [0.3, 0.4) is 0 Å². The zero-order chi connectivity index (χ0) is 5.82. The summed E-state index contributed by atoms with van der Waals surface area (Å²) in [6, 6.07) is 10.3. The van der Waals surface area contributed by atoms with Crippen molar-refractivity contribution >= 4 is 5.69 Å². The highest BCUT2D eigenvalue weighted by atomic mass is 35.5. The first-order valence-electron chi connectivity index (χ1n) is 2.78. The van der Waals surface area contributed by atoms with Crippen molar-refractivity contribution in [2.45, 2.75) is 0 Å². The summed E-state index contributed by atoms with van der Waals surface area (Å²) < 4.78 is 0. The number of halogens is 2. The second-order valence-electron chi connectivity index (χ2n) is 1.70. The van der Waals surface area contributed by atoms with E-state index < -0.39 is 0 Å². The predicted molar refractivity (Wildman–Crippen MR) is 34.0 cm³/mol. The molecule has 1 aromatic rings. The topological polar surface area (TPSA) is 16.6 Å². The van der Waals surface area contributed by atoms with Gasteiger partial charge < -0.3 is 30.1 Å². The van der Waals surface area contributed by atoms with Gasteiger partial charge in [-0.3, -0.25) is 0 Å². The van der Waals surface area contributed by atoms with E-state index in [4.69, 9.17) is 0 Å². The van der Waals surface area contributed by atoms with Crippen molar-refractivity contribution in [3.05, 3.63) is 30.3 Å². The molecule has 0 saturated carbocycles. The Labute approximate surface area is 73.7 Å². The molecule has 0 heterocycles. The van der Waals surface area contributed by atoms with Gasteiger partial charge in [0.15, 0.2) is 0 Å². The normalized spacial score (nSPS) is 7.30. The van der Waals surface area contributed by atoms with Gasteiger partial charge in [-0.2, -0.15) is 0 Å². The molecule has 1 nitrogen and oxygen atoms in total. The molecule has 0 saturated heterocycles. The van der Waals surface area contributed by atoms with E-state index >= 15 is 0 Å². The lowest BCUT2D eigenvalue weighted by Gasteiger charge is -1.88. The van der Waals surface area contributed by atoms with E-state index in [1.807, 2.05) is 25.2 Å². The van der Waals surface area contributed by atoms with Crippen LogP contribution in [-0.4, -0.2) is 7.05 Å². The first-order valence-corrected chi connectivity index (χ1v) is 2.78. The number of nitrogens with two attached hydrogens (primary N) is 1. The van der Waals surface area contributed by atoms with E-state index in [0.29, 0.717) is 0 Å². The highest BCUT2D eigenvalue weighted by Gasteiger charge is 1.83. The average Bonchev–Trinajstić information content (AvgIpc) is 1.90. The Hall–Kier alpha value is -0.240. The highest BCUT2D eigenvalue weighted by Crippen LogP contribution is 1.94. The molecule has 0 radical (unpaired) electrons. The van der Waals surface area contributed by atoms with Crippen LogP contribution in [0, 0.1) is 0 Å². The second-order valence-corrected chi connectivity index (χ2v) is 1.70. The van der Waals surface area contributed by atoms with Gasteiger partial charge in [-0.25, -0.2) is 0 Å². The third kappa shape index (κ3) is 3.72. The Kier molecular flexibility index (Phi) is 8.55. The van der Waals surface area contributed by atoms with Gasteiger partial charge in [-0.1, -0.05) is 18.2 Å². The minimum Gasteiger partial charge on any atom is -1.00 e. The SMILES string of the molecule is C[NH2+]c1ccccc1.[Cl-].[Cl-]. The molecule has 0 bridgehead atoms. The van der Waals surface area contributed by atoms with E-state index in [0.717, 1.165) is 0 Å². The monoisotopic (exact) mass is 178 g/mol. The van der Waals surface area contributed by atoms with E-state index in [9.17, 15) is 0 Å². The van der Waals surface area contributed by atoms with E-state index in [1.54, 1.807) is 0 Å². The van der Waals surface area contributed by atoms with Gasteiger partial charge in [0, 0.05) is 0 Å². The van der Waals surface area contributed by atoms with Gasteiger partial charge in [0.05, 0.1) is 7.05 Å². The minimum absolute atomic E-state index is 0. The number of benzene rings is 1. The van der Waals surface area contributed by atoms with Crippen LogP contribution >= 0.6 is 0 Å². The van der Waals surface area contributed by atoms with E-state index in [1.165, 1.54) is 5.69 Å². The lowest BCUT2D eigenvalue weighted by Crippen LogP contribution is -3.00.